The van der Waals surface area contributed by atoms with E-state index >= 15 is 0 Å². The van der Waals surface area contributed by atoms with E-state index in [1.54, 1.807) is 6.20 Å². The van der Waals surface area contributed by atoms with E-state index in [9.17, 15) is 4.79 Å². The summed E-state index contributed by atoms with van der Waals surface area (Å²) < 4.78 is 1.87. The number of H-pyrrole nitrogens is 1. The van der Waals surface area contributed by atoms with Crippen LogP contribution in [0.4, 0.5) is 17.5 Å². The molecule has 0 atom stereocenters. The number of benzene rings is 1. The van der Waals surface area contributed by atoms with Crippen LogP contribution in [0, 0.1) is 6.92 Å². The van der Waals surface area contributed by atoms with Gasteiger partial charge in [0.15, 0.2) is 5.82 Å². The minimum Gasteiger partial charge on any atom is -0.325 e. The van der Waals surface area contributed by atoms with Gasteiger partial charge in [-0.1, -0.05) is 11.8 Å². The number of nitrogens with one attached hydrogen (secondary N) is 3. The maximum atomic E-state index is 11.9. The van der Waals surface area contributed by atoms with Crippen molar-refractivity contribution < 1.29 is 4.79 Å². The number of fused-ring (bicyclic) bond motifs is 1. The number of imidazole rings is 1. The van der Waals surface area contributed by atoms with Crippen LogP contribution in [-0.4, -0.2) is 56.0 Å². The van der Waals surface area contributed by atoms with E-state index in [2.05, 4.69) is 25.8 Å². The average molecular weight is 423 g/mol. The number of amides is 1. The highest BCUT2D eigenvalue weighted by Crippen LogP contribution is 2.29. The van der Waals surface area contributed by atoms with Gasteiger partial charge in [0.05, 0.1) is 6.54 Å². The monoisotopic (exact) mass is 422 g/mol. The number of hydrogen-bond donors (Lipinski definition) is 3. The van der Waals surface area contributed by atoms with Crippen LogP contribution in [0.5, 0.6) is 0 Å². The van der Waals surface area contributed by atoms with Crippen LogP contribution in [-0.2, 0) is 4.79 Å². The lowest BCUT2D eigenvalue weighted by molar-refractivity contribution is -0.116. The van der Waals surface area contributed by atoms with Crippen molar-refractivity contribution in [1.82, 2.24) is 29.5 Å². The van der Waals surface area contributed by atoms with Crippen molar-refractivity contribution in [2.75, 3.05) is 31.3 Å². The maximum Gasteiger partial charge on any atom is 0.238 e. The molecule has 3 aromatic heterocycles. The highest BCUT2D eigenvalue weighted by Gasteiger charge is 2.10. The van der Waals surface area contributed by atoms with E-state index in [0.29, 0.717) is 18.3 Å². The summed E-state index contributed by atoms with van der Waals surface area (Å²) in [5.74, 6) is 1.28. The summed E-state index contributed by atoms with van der Waals surface area (Å²) >= 11 is 1.52. The topological polar surface area (TPSA) is 103 Å². The first kappa shape index (κ1) is 19.9. The number of carbonyl (C=O) groups excluding carboxylic acids is 1. The normalized spacial score (nSPS) is 11.2. The molecule has 0 radical (unpaired) electrons. The molecule has 0 spiro atoms. The maximum absolute atomic E-state index is 11.9. The van der Waals surface area contributed by atoms with Gasteiger partial charge >= 0.3 is 0 Å². The van der Waals surface area contributed by atoms with E-state index in [1.807, 2.05) is 72.9 Å². The fraction of sp³-hybridized carbons (Fsp3) is 0.200. The van der Waals surface area contributed by atoms with Crippen LogP contribution >= 0.6 is 11.8 Å². The van der Waals surface area contributed by atoms with Crippen LogP contribution in [0.15, 0.2) is 58.7 Å². The Bertz CT molecular complexity index is 1170. The molecule has 0 saturated carbocycles. The Balaban J connectivity index is 1.51. The molecular formula is C20H22N8OS. The minimum absolute atomic E-state index is 0.0452. The summed E-state index contributed by atoms with van der Waals surface area (Å²) in [6, 6.07) is 11.5. The Kier molecular flexibility index (Phi) is 5.68. The molecule has 154 valence electrons. The molecule has 9 nitrogen and oxygen atoms in total. The van der Waals surface area contributed by atoms with E-state index in [4.69, 9.17) is 4.98 Å². The Morgan fingerprint density at radius 3 is 2.73 bits per heavy atom. The number of aromatic amines is 1. The summed E-state index contributed by atoms with van der Waals surface area (Å²) in [4.78, 5) is 23.8. The van der Waals surface area contributed by atoms with Gasteiger partial charge in [0.1, 0.15) is 10.7 Å². The van der Waals surface area contributed by atoms with Crippen molar-refractivity contribution in [3.05, 3.63) is 54.5 Å². The van der Waals surface area contributed by atoms with Crippen molar-refractivity contribution in [2.24, 2.45) is 0 Å². The fourth-order valence-electron chi connectivity index (χ4n) is 2.85. The molecule has 4 aromatic rings. The molecule has 30 heavy (non-hydrogen) atoms. The smallest absolute Gasteiger partial charge is 0.238 e. The fourth-order valence-corrected chi connectivity index (χ4v) is 3.66. The molecule has 1 amide bonds. The number of aromatic nitrogens is 5. The number of anilines is 3. The summed E-state index contributed by atoms with van der Waals surface area (Å²) in [5, 5.41) is 14.0. The molecule has 0 bridgehead atoms. The Morgan fingerprint density at radius 2 is 2.03 bits per heavy atom. The number of nitrogens with zero attached hydrogens (tertiary/aromatic N) is 5. The molecule has 0 unspecified atom stereocenters. The summed E-state index contributed by atoms with van der Waals surface area (Å²) in [5.41, 5.74) is 2.51. The first-order valence-electron chi connectivity index (χ1n) is 9.32. The standard InChI is InChI=1S/C20H22N8OS/c1-13-10-16(26-25-13)23-20-24-19(11-17-21-8-9-28(17)20)30-15-6-4-14(5-7-15)22-18(29)12-27(2)3/h4-11H,12H2,1-3H3,(H,22,29)(H2,23,24,25,26). The number of hydrogen-bond acceptors (Lipinski definition) is 7. The van der Waals surface area contributed by atoms with Gasteiger partial charge in [0.2, 0.25) is 11.9 Å². The van der Waals surface area contributed by atoms with Crippen LogP contribution < -0.4 is 10.6 Å². The second kappa shape index (κ2) is 8.56. The van der Waals surface area contributed by atoms with Gasteiger partial charge in [-0.05, 0) is 45.3 Å². The molecule has 0 fully saturated rings. The summed E-state index contributed by atoms with van der Waals surface area (Å²) in [6.07, 6.45) is 3.58. The van der Waals surface area contributed by atoms with Gasteiger partial charge in [-0.25, -0.2) is 9.97 Å². The highest BCUT2D eigenvalue weighted by molar-refractivity contribution is 7.99. The van der Waals surface area contributed by atoms with Gasteiger partial charge in [0, 0.05) is 40.8 Å². The molecular weight excluding hydrogens is 400 g/mol. The molecule has 0 aliphatic carbocycles. The lowest BCUT2D eigenvalue weighted by Crippen LogP contribution is -2.26. The first-order valence-corrected chi connectivity index (χ1v) is 10.1. The van der Waals surface area contributed by atoms with E-state index in [-0.39, 0.29) is 5.91 Å². The van der Waals surface area contributed by atoms with Crippen molar-refractivity contribution in [2.45, 2.75) is 16.8 Å². The van der Waals surface area contributed by atoms with Crippen LogP contribution in [0.2, 0.25) is 0 Å². The van der Waals surface area contributed by atoms with Crippen molar-refractivity contribution >= 4 is 40.8 Å². The van der Waals surface area contributed by atoms with Crippen molar-refractivity contribution in [3.63, 3.8) is 0 Å². The largest absolute Gasteiger partial charge is 0.325 e. The number of aryl methyl sites for hydroxylation is 1. The third kappa shape index (κ3) is 4.78. The minimum atomic E-state index is -0.0452. The zero-order valence-corrected chi connectivity index (χ0v) is 17.7. The van der Waals surface area contributed by atoms with Gasteiger partial charge in [-0.15, -0.1) is 0 Å². The zero-order valence-electron chi connectivity index (χ0n) is 16.9. The molecule has 4 rings (SSSR count). The Morgan fingerprint density at radius 1 is 1.23 bits per heavy atom. The number of rotatable bonds is 7. The molecule has 10 heteroatoms. The molecule has 3 N–H and O–H groups in total. The zero-order chi connectivity index (χ0) is 21.1. The molecule has 0 aliphatic heterocycles. The third-order valence-corrected chi connectivity index (χ3v) is 5.06. The Labute approximate surface area is 177 Å². The van der Waals surface area contributed by atoms with E-state index in [1.165, 1.54) is 11.8 Å². The van der Waals surface area contributed by atoms with Crippen LogP contribution in [0.25, 0.3) is 5.65 Å². The Hall–Kier alpha value is -3.37. The van der Waals surface area contributed by atoms with Gasteiger partial charge in [-0.2, -0.15) is 5.10 Å². The third-order valence-electron chi connectivity index (χ3n) is 4.13. The number of carbonyl (C=O) groups is 1. The van der Waals surface area contributed by atoms with Crippen molar-refractivity contribution in [1.29, 1.82) is 0 Å². The summed E-state index contributed by atoms with van der Waals surface area (Å²) in [7, 11) is 3.72. The van der Waals surface area contributed by atoms with Crippen LogP contribution in [0.1, 0.15) is 5.69 Å². The predicted molar refractivity (Wildman–Crippen MR) is 117 cm³/mol. The second-order valence-electron chi connectivity index (χ2n) is 7.05. The van der Waals surface area contributed by atoms with Gasteiger partial charge < -0.3 is 15.5 Å². The summed E-state index contributed by atoms with van der Waals surface area (Å²) in [6.45, 7) is 2.29. The van der Waals surface area contributed by atoms with Gasteiger partial charge in [-0.3, -0.25) is 14.3 Å². The van der Waals surface area contributed by atoms with E-state index < -0.39 is 0 Å². The number of likely N-dealkylation sites (N-methyl/N-ethyl adjacent to an activating group) is 1. The molecule has 0 aliphatic rings. The predicted octanol–water partition coefficient (Wildman–Crippen LogP) is 3.16. The quantitative estimate of drug-likeness (QED) is 0.393. The molecule has 1 aromatic carbocycles. The van der Waals surface area contributed by atoms with Crippen LogP contribution in [0.3, 0.4) is 0 Å². The second-order valence-corrected chi connectivity index (χ2v) is 8.14. The lowest BCUT2D eigenvalue weighted by Gasteiger charge is -2.11. The average Bonchev–Trinajstić information content (AvgIpc) is 3.31. The molecule has 0 saturated heterocycles. The SMILES string of the molecule is Cc1cc(Nc2nc(Sc3ccc(NC(=O)CN(C)C)cc3)cc3nccn23)n[nH]1. The van der Waals surface area contributed by atoms with Crippen molar-refractivity contribution in [3.8, 4) is 0 Å². The first-order chi connectivity index (χ1) is 14.5. The highest BCUT2D eigenvalue weighted by atomic mass is 32.2. The molecule has 3 heterocycles. The van der Waals surface area contributed by atoms with Gasteiger partial charge in [0.25, 0.3) is 0 Å². The lowest BCUT2D eigenvalue weighted by atomic mass is 10.3. The van der Waals surface area contributed by atoms with E-state index in [0.717, 1.165) is 26.9 Å².